The molecule has 0 unspecified atom stereocenters. The SMILES string of the molecule is CC(C)CN1C[C@@H]2[C@H](NC(=O)c3ccnn3C)c3ccccc3[C@@H]2C1. The molecule has 1 aromatic carbocycles. The van der Waals surface area contributed by atoms with E-state index in [2.05, 4.69) is 53.4 Å². The van der Waals surface area contributed by atoms with Gasteiger partial charge in [0.15, 0.2) is 0 Å². The monoisotopic (exact) mass is 338 g/mol. The average Bonchev–Trinajstić information content (AvgIpc) is 3.23. The highest BCUT2D eigenvalue weighted by Gasteiger charge is 2.46. The molecular formula is C20H26N4O. The number of amides is 1. The van der Waals surface area contributed by atoms with Crippen molar-refractivity contribution < 1.29 is 4.79 Å². The zero-order valence-corrected chi connectivity index (χ0v) is 15.1. The minimum atomic E-state index is -0.0391. The predicted octanol–water partition coefficient (Wildman–Crippen LogP) is 2.58. The molecule has 5 nitrogen and oxygen atoms in total. The maximum atomic E-state index is 12.8. The number of carbonyl (C=O) groups excluding carboxylic acids is 1. The van der Waals surface area contributed by atoms with Crippen LogP contribution in [0.1, 0.15) is 47.4 Å². The molecule has 1 saturated heterocycles. The van der Waals surface area contributed by atoms with Gasteiger partial charge in [0, 0.05) is 44.7 Å². The average molecular weight is 338 g/mol. The van der Waals surface area contributed by atoms with E-state index in [1.54, 1.807) is 24.0 Å². The molecule has 2 aliphatic rings. The first-order chi connectivity index (χ1) is 12.0. The number of hydrogen-bond acceptors (Lipinski definition) is 3. The number of carbonyl (C=O) groups is 1. The molecule has 1 aromatic heterocycles. The van der Waals surface area contributed by atoms with Crippen LogP contribution in [0.5, 0.6) is 0 Å². The lowest BCUT2D eigenvalue weighted by atomic mass is 9.94. The number of benzene rings is 1. The lowest BCUT2D eigenvalue weighted by Gasteiger charge is -2.23. The Bertz CT molecular complexity index is 782. The number of aryl methyl sites for hydroxylation is 1. The van der Waals surface area contributed by atoms with Gasteiger partial charge in [0.1, 0.15) is 5.69 Å². The molecule has 132 valence electrons. The van der Waals surface area contributed by atoms with Gasteiger partial charge >= 0.3 is 0 Å². The van der Waals surface area contributed by atoms with Crippen LogP contribution in [0.3, 0.4) is 0 Å². The van der Waals surface area contributed by atoms with Gasteiger partial charge in [-0.15, -0.1) is 0 Å². The number of fused-ring (bicyclic) bond motifs is 3. The van der Waals surface area contributed by atoms with Crippen LogP contribution in [0.4, 0.5) is 0 Å². The van der Waals surface area contributed by atoms with Crippen molar-refractivity contribution in [1.82, 2.24) is 20.0 Å². The largest absolute Gasteiger partial charge is 0.344 e. The quantitative estimate of drug-likeness (QED) is 0.932. The van der Waals surface area contributed by atoms with Gasteiger partial charge in [-0.05, 0) is 23.1 Å². The van der Waals surface area contributed by atoms with Crippen LogP contribution >= 0.6 is 0 Å². The fourth-order valence-corrected chi connectivity index (χ4v) is 4.60. The Labute approximate surface area is 149 Å². The Hall–Kier alpha value is -2.14. The maximum absolute atomic E-state index is 12.8. The number of rotatable bonds is 4. The van der Waals surface area contributed by atoms with Gasteiger partial charge in [0.05, 0.1) is 6.04 Å². The van der Waals surface area contributed by atoms with Crippen molar-refractivity contribution in [3.63, 3.8) is 0 Å². The van der Waals surface area contributed by atoms with E-state index in [0.29, 0.717) is 23.4 Å². The van der Waals surface area contributed by atoms with Crippen LogP contribution in [-0.4, -0.2) is 40.2 Å². The molecule has 1 N–H and O–H groups in total. The number of nitrogens with zero attached hydrogens (tertiary/aromatic N) is 3. The first-order valence-electron chi connectivity index (χ1n) is 9.14. The summed E-state index contributed by atoms with van der Waals surface area (Å²) < 4.78 is 1.63. The lowest BCUT2D eigenvalue weighted by molar-refractivity contribution is 0.0914. The number of hydrogen-bond donors (Lipinski definition) is 1. The molecule has 0 radical (unpaired) electrons. The van der Waals surface area contributed by atoms with E-state index in [1.807, 2.05) is 0 Å². The van der Waals surface area contributed by atoms with Gasteiger partial charge in [-0.1, -0.05) is 38.1 Å². The van der Waals surface area contributed by atoms with E-state index in [1.165, 1.54) is 11.1 Å². The number of nitrogens with one attached hydrogen (secondary N) is 1. The summed E-state index contributed by atoms with van der Waals surface area (Å²) in [6.45, 7) is 7.80. The molecule has 3 atom stereocenters. The lowest BCUT2D eigenvalue weighted by Crippen LogP contribution is -2.35. The van der Waals surface area contributed by atoms with Crippen LogP contribution in [0, 0.1) is 11.8 Å². The summed E-state index contributed by atoms with van der Waals surface area (Å²) in [6.07, 6.45) is 1.67. The highest BCUT2D eigenvalue weighted by molar-refractivity contribution is 5.92. The second kappa shape index (κ2) is 6.30. The highest BCUT2D eigenvalue weighted by Crippen LogP contribution is 2.49. The van der Waals surface area contributed by atoms with E-state index < -0.39 is 0 Å². The summed E-state index contributed by atoms with van der Waals surface area (Å²) in [4.78, 5) is 15.3. The standard InChI is InChI=1S/C20H26N4O/c1-13(2)10-24-11-16-14-6-4-5-7-15(14)19(17(16)12-24)22-20(25)18-8-9-21-23(18)3/h4-9,13,16-17,19H,10-12H2,1-3H3,(H,22,25)/t16-,17-,19+/m0/s1. The van der Waals surface area contributed by atoms with E-state index in [-0.39, 0.29) is 11.9 Å². The van der Waals surface area contributed by atoms with Crippen molar-refractivity contribution in [1.29, 1.82) is 0 Å². The fourth-order valence-electron chi connectivity index (χ4n) is 4.60. The maximum Gasteiger partial charge on any atom is 0.270 e. The number of aromatic nitrogens is 2. The Morgan fingerprint density at radius 2 is 2.00 bits per heavy atom. The molecule has 0 saturated carbocycles. The van der Waals surface area contributed by atoms with E-state index in [9.17, 15) is 4.79 Å². The zero-order chi connectivity index (χ0) is 17.6. The van der Waals surface area contributed by atoms with E-state index >= 15 is 0 Å². The molecule has 1 amide bonds. The summed E-state index contributed by atoms with van der Waals surface area (Å²) >= 11 is 0. The third-order valence-corrected chi connectivity index (χ3v) is 5.56. The van der Waals surface area contributed by atoms with Crippen LogP contribution in [0.15, 0.2) is 36.5 Å². The zero-order valence-electron chi connectivity index (χ0n) is 15.1. The Kier molecular flexibility index (Phi) is 4.12. The van der Waals surface area contributed by atoms with Gasteiger partial charge in [-0.3, -0.25) is 9.48 Å². The first kappa shape index (κ1) is 16.3. The Morgan fingerprint density at radius 1 is 1.24 bits per heavy atom. The summed E-state index contributed by atoms with van der Waals surface area (Å²) in [6, 6.07) is 10.5. The third-order valence-electron chi connectivity index (χ3n) is 5.56. The fraction of sp³-hybridized carbons (Fsp3) is 0.500. The van der Waals surface area contributed by atoms with Crippen molar-refractivity contribution in [2.45, 2.75) is 25.8 Å². The molecule has 5 heteroatoms. The van der Waals surface area contributed by atoms with Crippen LogP contribution in [-0.2, 0) is 7.05 Å². The molecule has 25 heavy (non-hydrogen) atoms. The summed E-state index contributed by atoms with van der Waals surface area (Å²) in [5.74, 6) is 1.60. The van der Waals surface area contributed by atoms with Gasteiger partial charge in [-0.2, -0.15) is 5.10 Å². The van der Waals surface area contributed by atoms with Gasteiger partial charge in [0.2, 0.25) is 0 Å². The minimum absolute atomic E-state index is 0.0391. The van der Waals surface area contributed by atoms with Crippen molar-refractivity contribution >= 4 is 5.91 Å². The molecule has 2 aromatic rings. The topological polar surface area (TPSA) is 50.2 Å². The number of likely N-dealkylation sites (tertiary alicyclic amines) is 1. The molecule has 4 rings (SSSR count). The minimum Gasteiger partial charge on any atom is -0.344 e. The molecule has 1 fully saturated rings. The molecule has 1 aliphatic heterocycles. The predicted molar refractivity (Wildman–Crippen MR) is 97.4 cm³/mol. The van der Waals surface area contributed by atoms with Crippen molar-refractivity contribution in [3.8, 4) is 0 Å². The summed E-state index contributed by atoms with van der Waals surface area (Å²) in [7, 11) is 1.81. The Balaban J connectivity index is 1.60. The summed E-state index contributed by atoms with van der Waals surface area (Å²) in [5, 5.41) is 7.41. The van der Waals surface area contributed by atoms with Crippen molar-refractivity contribution in [2.75, 3.05) is 19.6 Å². The van der Waals surface area contributed by atoms with Crippen LogP contribution in [0.25, 0.3) is 0 Å². The third kappa shape index (κ3) is 2.86. The second-order valence-corrected chi connectivity index (χ2v) is 7.80. The second-order valence-electron chi connectivity index (χ2n) is 7.80. The Morgan fingerprint density at radius 3 is 2.68 bits per heavy atom. The molecule has 2 heterocycles. The molecule has 0 bridgehead atoms. The van der Waals surface area contributed by atoms with E-state index in [4.69, 9.17) is 0 Å². The van der Waals surface area contributed by atoms with Gasteiger partial charge < -0.3 is 10.2 Å². The van der Waals surface area contributed by atoms with Gasteiger partial charge in [0.25, 0.3) is 5.91 Å². The smallest absolute Gasteiger partial charge is 0.270 e. The van der Waals surface area contributed by atoms with Crippen LogP contribution in [0.2, 0.25) is 0 Å². The van der Waals surface area contributed by atoms with E-state index in [0.717, 1.165) is 19.6 Å². The van der Waals surface area contributed by atoms with Crippen molar-refractivity contribution in [2.24, 2.45) is 18.9 Å². The molecular weight excluding hydrogens is 312 g/mol. The first-order valence-corrected chi connectivity index (χ1v) is 9.14. The van der Waals surface area contributed by atoms with Crippen LogP contribution < -0.4 is 5.32 Å². The summed E-state index contributed by atoms with van der Waals surface area (Å²) in [5.41, 5.74) is 3.31. The van der Waals surface area contributed by atoms with Crippen molar-refractivity contribution in [3.05, 3.63) is 53.3 Å². The van der Waals surface area contributed by atoms with Gasteiger partial charge in [-0.25, -0.2) is 0 Å². The molecule has 0 spiro atoms. The highest BCUT2D eigenvalue weighted by atomic mass is 16.2. The molecule has 1 aliphatic carbocycles. The normalized spacial score (nSPS) is 25.2.